The van der Waals surface area contributed by atoms with E-state index in [9.17, 15) is 4.79 Å². The van der Waals surface area contributed by atoms with Gasteiger partial charge in [-0.15, -0.1) is 0 Å². The first-order valence-corrected chi connectivity index (χ1v) is 10.4. The number of hydrogen-bond donors (Lipinski definition) is 0. The number of hydrogen-bond acceptors (Lipinski definition) is 2. The Bertz CT molecular complexity index is 421. The number of nitrogens with zero attached hydrogens (tertiary/aromatic N) is 2. The fourth-order valence-electron chi connectivity index (χ4n) is 5.53. The lowest BCUT2D eigenvalue weighted by atomic mass is 9.56. The van der Waals surface area contributed by atoms with Gasteiger partial charge in [0.2, 0.25) is 5.91 Å². The van der Waals surface area contributed by atoms with Crippen LogP contribution in [-0.4, -0.2) is 47.9 Å². The summed E-state index contributed by atoms with van der Waals surface area (Å²) in [6, 6.07) is 0.619. The van der Waals surface area contributed by atoms with E-state index in [0.717, 1.165) is 50.9 Å². The molecule has 2 saturated heterocycles. The Balaban J connectivity index is 1.42. The topological polar surface area (TPSA) is 23.6 Å². The molecule has 0 atom stereocenters. The van der Waals surface area contributed by atoms with Crippen LogP contribution in [0.2, 0.25) is 0 Å². The highest BCUT2D eigenvalue weighted by atomic mass is 16.2. The Labute approximate surface area is 149 Å². The summed E-state index contributed by atoms with van der Waals surface area (Å²) in [6.45, 7) is 13.5. The van der Waals surface area contributed by atoms with Crippen LogP contribution in [0.1, 0.15) is 72.6 Å². The predicted octanol–water partition coefficient (Wildman–Crippen LogP) is 4.17. The molecule has 1 amide bonds. The van der Waals surface area contributed by atoms with Gasteiger partial charge in [-0.2, -0.15) is 0 Å². The van der Waals surface area contributed by atoms with E-state index in [1.54, 1.807) is 0 Å². The van der Waals surface area contributed by atoms with Crippen LogP contribution < -0.4 is 0 Å². The molecule has 24 heavy (non-hydrogen) atoms. The summed E-state index contributed by atoms with van der Waals surface area (Å²) in [4.78, 5) is 17.6. The Morgan fingerprint density at radius 1 is 1.00 bits per heavy atom. The minimum atomic E-state index is 0.295. The van der Waals surface area contributed by atoms with Gasteiger partial charge in [0, 0.05) is 25.0 Å². The molecule has 138 valence electrons. The largest absolute Gasteiger partial charge is 0.342 e. The molecule has 2 aliphatic heterocycles. The summed E-state index contributed by atoms with van der Waals surface area (Å²) < 4.78 is 0. The third kappa shape index (κ3) is 3.98. The first-order valence-electron chi connectivity index (χ1n) is 10.4. The maximum absolute atomic E-state index is 12.9. The number of likely N-dealkylation sites (tertiary alicyclic amines) is 2. The fraction of sp³-hybridized carbons (Fsp3) is 0.952. The second-order valence-corrected chi connectivity index (χ2v) is 9.63. The number of piperidine rings is 2. The lowest BCUT2D eigenvalue weighted by Crippen LogP contribution is -2.51. The van der Waals surface area contributed by atoms with E-state index in [1.807, 2.05) is 0 Å². The highest BCUT2D eigenvalue weighted by Crippen LogP contribution is 2.54. The molecule has 3 heteroatoms. The molecule has 3 aliphatic rings. The fourth-order valence-corrected chi connectivity index (χ4v) is 5.53. The molecular weight excluding hydrogens is 296 g/mol. The van der Waals surface area contributed by atoms with Crippen molar-refractivity contribution in [3.63, 3.8) is 0 Å². The van der Waals surface area contributed by atoms with Crippen molar-refractivity contribution in [2.24, 2.45) is 23.2 Å². The molecule has 0 aromatic carbocycles. The van der Waals surface area contributed by atoms with Crippen molar-refractivity contribution in [1.29, 1.82) is 0 Å². The third-order valence-corrected chi connectivity index (χ3v) is 6.99. The summed E-state index contributed by atoms with van der Waals surface area (Å²) in [5.74, 6) is 2.56. The highest BCUT2D eigenvalue weighted by molar-refractivity contribution is 5.79. The summed E-state index contributed by atoms with van der Waals surface area (Å²) in [6.07, 6.45) is 8.92. The standard InChI is InChI=1S/C21H38N2O/c1-16(2)13-18-14-21(15-18)7-11-23(12-8-21)20(24)19-5-9-22(10-6-19)17(3)4/h16-19H,5-15H2,1-4H3. The lowest BCUT2D eigenvalue weighted by Gasteiger charge is -2.53. The van der Waals surface area contributed by atoms with Gasteiger partial charge >= 0.3 is 0 Å². The van der Waals surface area contributed by atoms with Crippen LogP contribution in [0, 0.1) is 23.2 Å². The van der Waals surface area contributed by atoms with Crippen LogP contribution >= 0.6 is 0 Å². The molecular formula is C21H38N2O. The van der Waals surface area contributed by atoms with Crippen LogP contribution in [0.25, 0.3) is 0 Å². The van der Waals surface area contributed by atoms with E-state index >= 15 is 0 Å². The lowest BCUT2D eigenvalue weighted by molar-refractivity contribution is -0.141. The van der Waals surface area contributed by atoms with E-state index in [4.69, 9.17) is 0 Å². The molecule has 3 fully saturated rings. The second kappa shape index (κ2) is 7.35. The Morgan fingerprint density at radius 2 is 1.58 bits per heavy atom. The molecule has 3 nitrogen and oxygen atoms in total. The Morgan fingerprint density at radius 3 is 2.08 bits per heavy atom. The minimum absolute atomic E-state index is 0.295. The molecule has 0 aromatic rings. The van der Waals surface area contributed by atoms with Gasteiger partial charge in [-0.1, -0.05) is 13.8 Å². The van der Waals surface area contributed by atoms with E-state index in [-0.39, 0.29) is 0 Å². The molecule has 0 aromatic heterocycles. The van der Waals surface area contributed by atoms with Crippen molar-refractivity contribution in [2.75, 3.05) is 26.2 Å². The SMILES string of the molecule is CC(C)CC1CC2(CCN(C(=O)C3CCN(C(C)C)CC3)CC2)C1. The van der Waals surface area contributed by atoms with E-state index in [1.165, 1.54) is 32.1 Å². The van der Waals surface area contributed by atoms with Crippen LogP contribution in [0.3, 0.4) is 0 Å². The first-order chi connectivity index (χ1) is 11.4. The smallest absolute Gasteiger partial charge is 0.225 e. The van der Waals surface area contributed by atoms with Gasteiger partial charge in [-0.3, -0.25) is 4.79 Å². The average molecular weight is 335 g/mol. The molecule has 3 rings (SSSR count). The zero-order valence-corrected chi connectivity index (χ0v) is 16.4. The minimum Gasteiger partial charge on any atom is -0.342 e. The predicted molar refractivity (Wildman–Crippen MR) is 99.9 cm³/mol. The van der Waals surface area contributed by atoms with Crippen molar-refractivity contribution in [2.45, 2.75) is 78.7 Å². The van der Waals surface area contributed by atoms with Gasteiger partial charge < -0.3 is 9.80 Å². The van der Waals surface area contributed by atoms with Crippen molar-refractivity contribution < 1.29 is 4.79 Å². The molecule has 2 heterocycles. The Kier molecular flexibility index (Phi) is 5.58. The average Bonchev–Trinajstić information content (AvgIpc) is 2.53. The summed E-state index contributed by atoms with van der Waals surface area (Å²) in [7, 11) is 0. The molecule has 0 bridgehead atoms. The van der Waals surface area contributed by atoms with Crippen molar-refractivity contribution in [1.82, 2.24) is 9.80 Å². The van der Waals surface area contributed by atoms with Gasteiger partial charge in [-0.25, -0.2) is 0 Å². The van der Waals surface area contributed by atoms with Gasteiger partial charge in [-0.05, 0) is 89.1 Å². The van der Waals surface area contributed by atoms with Gasteiger partial charge in [0.1, 0.15) is 0 Å². The maximum atomic E-state index is 12.9. The highest BCUT2D eigenvalue weighted by Gasteiger charge is 2.46. The van der Waals surface area contributed by atoms with Gasteiger partial charge in [0.05, 0.1) is 0 Å². The van der Waals surface area contributed by atoms with Crippen molar-refractivity contribution in [3.05, 3.63) is 0 Å². The van der Waals surface area contributed by atoms with Crippen LogP contribution in [0.4, 0.5) is 0 Å². The summed E-state index contributed by atoms with van der Waals surface area (Å²) in [5.41, 5.74) is 0.608. The summed E-state index contributed by atoms with van der Waals surface area (Å²) >= 11 is 0. The Hall–Kier alpha value is -0.570. The number of amides is 1. The van der Waals surface area contributed by atoms with E-state index in [2.05, 4.69) is 37.5 Å². The quantitative estimate of drug-likeness (QED) is 0.770. The molecule has 0 radical (unpaired) electrons. The molecule has 1 spiro atoms. The molecule has 0 N–H and O–H groups in total. The van der Waals surface area contributed by atoms with Crippen LogP contribution in [0.5, 0.6) is 0 Å². The van der Waals surface area contributed by atoms with E-state index < -0.39 is 0 Å². The number of carbonyl (C=O) groups is 1. The normalized spacial score (nSPS) is 26.3. The van der Waals surface area contributed by atoms with E-state index in [0.29, 0.717) is 23.3 Å². The zero-order chi connectivity index (χ0) is 17.3. The second-order valence-electron chi connectivity index (χ2n) is 9.63. The summed E-state index contributed by atoms with van der Waals surface area (Å²) in [5, 5.41) is 0. The molecule has 1 aliphatic carbocycles. The monoisotopic (exact) mass is 334 g/mol. The first kappa shape index (κ1) is 18.2. The van der Waals surface area contributed by atoms with Gasteiger partial charge in [0.15, 0.2) is 0 Å². The van der Waals surface area contributed by atoms with Crippen molar-refractivity contribution >= 4 is 5.91 Å². The molecule has 1 saturated carbocycles. The van der Waals surface area contributed by atoms with Crippen LogP contribution in [-0.2, 0) is 4.79 Å². The number of carbonyl (C=O) groups excluding carboxylic acids is 1. The van der Waals surface area contributed by atoms with Crippen LogP contribution in [0.15, 0.2) is 0 Å². The third-order valence-electron chi connectivity index (χ3n) is 6.99. The zero-order valence-electron chi connectivity index (χ0n) is 16.4. The van der Waals surface area contributed by atoms with Crippen molar-refractivity contribution in [3.8, 4) is 0 Å². The van der Waals surface area contributed by atoms with Gasteiger partial charge in [0.25, 0.3) is 0 Å². The molecule has 0 unspecified atom stereocenters. The maximum Gasteiger partial charge on any atom is 0.225 e. The number of rotatable bonds is 4.